The van der Waals surface area contributed by atoms with Gasteiger partial charge in [-0.15, -0.1) is 47.0 Å². The van der Waals surface area contributed by atoms with E-state index in [-0.39, 0.29) is 38.4 Å². The summed E-state index contributed by atoms with van der Waals surface area (Å²) in [5, 5.41) is 43.2. The predicted octanol–water partition coefficient (Wildman–Crippen LogP) is 7.19. The third kappa shape index (κ3) is 23.4. The van der Waals surface area contributed by atoms with Crippen LogP contribution in [-0.4, -0.2) is 177 Å². The van der Waals surface area contributed by atoms with Crippen molar-refractivity contribution in [1.29, 1.82) is 0 Å². The second kappa shape index (κ2) is 33.8. The summed E-state index contributed by atoms with van der Waals surface area (Å²) in [7, 11) is 0. The number of aliphatic hydroxyl groups excluding tert-OH is 2. The number of ketones is 1. The Balaban J connectivity index is 0.000000307. The fraction of sp³-hybridized carbons (Fsp3) is 0.650. The smallest absolute Gasteiger partial charge is 0.411 e. The van der Waals surface area contributed by atoms with Gasteiger partial charge in [0.2, 0.25) is 23.6 Å². The summed E-state index contributed by atoms with van der Waals surface area (Å²) in [6.45, 7) is 19.8. The first-order valence-corrected chi connectivity index (χ1v) is 33.1. The summed E-state index contributed by atoms with van der Waals surface area (Å²) in [4.78, 5) is 114. The number of ether oxygens (including phenoxy) is 2. The number of nitrogens with one attached hydrogen (secondary N) is 5. The molecule has 4 unspecified atom stereocenters. The number of hydrogen-bond acceptors (Lipinski definition) is 17. The third-order valence-corrected chi connectivity index (χ3v) is 20.6. The van der Waals surface area contributed by atoms with E-state index in [9.17, 15) is 58.5 Å². The van der Waals surface area contributed by atoms with Gasteiger partial charge in [0.05, 0.1) is 33.3 Å². The lowest BCUT2D eigenvalue weighted by Gasteiger charge is -2.32. The molecule has 0 aromatic heterocycles. The van der Waals surface area contributed by atoms with Crippen molar-refractivity contribution in [2.45, 2.75) is 189 Å². The van der Waals surface area contributed by atoms with Gasteiger partial charge in [-0.3, -0.25) is 38.6 Å². The molecule has 25 heteroatoms. The van der Waals surface area contributed by atoms with Gasteiger partial charge in [-0.2, -0.15) is 0 Å². The highest BCUT2D eigenvalue weighted by Crippen LogP contribution is 2.52. The van der Waals surface area contributed by atoms with Crippen LogP contribution in [0.15, 0.2) is 60.7 Å². The SMILES string of the molecule is CC(C)(C)OC(=O)N1CC2(C[C@H]1C(=O)O)SCCCS2.CCCC(C)C(O)C(=O)NCC(=O)N[C@H](C)c1ccccc1.CCCC(NC(=O)[C@@H]1CC2(CN1C(=O)OC(C)(C)C)SCCCS2)C(O)C(=O)NCC(=O)N[C@H](C(C)=O)c1ccccc1. The van der Waals surface area contributed by atoms with Gasteiger partial charge in [0.25, 0.3) is 5.91 Å². The van der Waals surface area contributed by atoms with Crippen molar-refractivity contribution in [1.82, 2.24) is 36.4 Å². The number of rotatable bonds is 20. The Hall–Kier alpha value is -5.21. The van der Waals surface area contributed by atoms with Crippen LogP contribution in [0.5, 0.6) is 0 Å². The zero-order chi connectivity index (χ0) is 63.3. The molecule has 21 nitrogen and oxygen atoms in total. The highest BCUT2D eigenvalue weighted by atomic mass is 32.2. The van der Waals surface area contributed by atoms with Crippen LogP contribution in [0, 0.1) is 5.92 Å². The first kappa shape index (κ1) is 72.3. The molecular weight excluding hydrogens is 1170 g/mol. The molecule has 4 aliphatic rings. The van der Waals surface area contributed by atoms with Crippen molar-refractivity contribution in [2.75, 3.05) is 49.2 Å². The van der Waals surface area contributed by atoms with Crippen LogP contribution in [0.1, 0.15) is 151 Å². The lowest BCUT2D eigenvalue weighted by molar-refractivity contribution is -0.142. The second-order valence-corrected chi connectivity index (χ2v) is 30.1. The largest absolute Gasteiger partial charge is 0.480 e. The van der Waals surface area contributed by atoms with E-state index in [0.29, 0.717) is 44.3 Å². The number of aliphatic hydroxyl groups is 2. The Morgan fingerprint density at radius 1 is 0.612 bits per heavy atom. The van der Waals surface area contributed by atoms with Gasteiger partial charge in [0.15, 0.2) is 11.9 Å². The van der Waals surface area contributed by atoms with Crippen LogP contribution >= 0.6 is 47.0 Å². The van der Waals surface area contributed by atoms with E-state index in [1.165, 1.54) is 16.7 Å². The molecule has 2 aromatic rings. The molecule has 85 heavy (non-hydrogen) atoms. The van der Waals surface area contributed by atoms with Crippen LogP contribution in [-0.2, 0) is 43.0 Å². The zero-order valence-corrected chi connectivity index (χ0v) is 54.3. The van der Waals surface area contributed by atoms with Gasteiger partial charge in [-0.05, 0) is 121 Å². The number of thioether (sulfide) groups is 4. The lowest BCUT2D eigenvalue weighted by Crippen LogP contribution is -2.56. The maximum atomic E-state index is 13.6. The minimum absolute atomic E-state index is 0.115. The third-order valence-electron chi connectivity index (χ3n) is 14.0. The topological polar surface area (TPSA) is 299 Å². The van der Waals surface area contributed by atoms with Crippen LogP contribution in [0.4, 0.5) is 9.59 Å². The molecule has 4 fully saturated rings. The van der Waals surface area contributed by atoms with Gasteiger partial charge in [-0.1, -0.05) is 94.3 Å². The van der Waals surface area contributed by atoms with Gasteiger partial charge < -0.3 is 51.4 Å². The fourth-order valence-electron chi connectivity index (χ4n) is 9.70. The Labute approximate surface area is 518 Å². The van der Waals surface area contributed by atoms with Crippen LogP contribution in [0.2, 0.25) is 0 Å². The number of hydrogen-bond donors (Lipinski definition) is 8. The van der Waals surface area contributed by atoms with E-state index in [1.54, 1.807) is 119 Å². The maximum Gasteiger partial charge on any atom is 0.411 e. The van der Waals surface area contributed by atoms with E-state index >= 15 is 0 Å². The summed E-state index contributed by atoms with van der Waals surface area (Å²) in [5.74, 6) is -0.0754. The summed E-state index contributed by atoms with van der Waals surface area (Å²) in [6.07, 6.45) is 1.83. The predicted molar refractivity (Wildman–Crippen MR) is 335 cm³/mol. The molecule has 8 N–H and O–H groups in total. The molecule has 6 rings (SSSR count). The fourth-order valence-corrected chi connectivity index (χ4v) is 16.4. The number of carboxylic acids is 1. The van der Waals surface area contributed by atoms with E-state index in [4.69, 9.17) is 9.47 Å². The molecule has 4 saturated heterocycles. The molecular formula is C60H91N7O14S4. The van der Waals surface area contributed by atoms with Crippen molar-refractivity contribution in [3.8, 4) is 0 Å². The quantitative estimate of drug-likeness (QED) is 0.0650. The van der Waals surface area contributed by atoms with Crippen molar-refractivity contribution >= 4 is 101 Å². The number of carbonyl (C=O) groups excluding carboxylic acids is 8. The van der Waals surface area contributed by atoms with E-state index < -0.39 is 95.9 Å². The van der Waals surface area contributed by atoms with Gasteiger partial charge in [0.1, 0.15) is 35.4 Å². The highest BCUT2D eigenvalue weighted by Gasteiger charge is 2.53. The molecule has 7 amide bonds. The molecule has 0 aliphatic carbocycles. The molecule has 0 bridgehead atoms. The Morgan fingerprint density at radius 2 is 1.04 bits per heavy atom. The monoisotopic (exact) mass is 1260 g/mol. The van der Waals surface area contributed by atoms with Crippen molar-refractivity contribution in [3.63, 3.8) is 0 Å². The standard InChI is InChI=1S/C30H44N4O7S2.C17H26N2O3.C13H21NO4S2/c1-6-11-21(25(37)27(39)31-17-23(36)33-24(19(2)35)20-12-8-7-9-13-20)32-26(38)22-16-30(42-14-10-15-43-30)18-34(22)28(40)41-29(3,4)5;1-4-8-12(2)16(21)17(22)18-11-15(20)19-13(3)14-9-6-5-7-10-14;1-12(2,3)18-11(17)14-8-13(7-9(14)10(15)16)19-5-4-6-20-13/h7-9,12-13,21-22,24-25,37H,6,10-11,14-18H2,1-5H3,(H,31,39)(H,32,38)(H,33,36);5-7,9-10,12-13,16,21H,4,8,11H2,1-3H3,(H,18,22)(H,19,20);9H,4-8H2,1-3H3,(H,15,16)/t21?,22-,24+,25?;12?,13-,16?;9-/m010/s1. The lowest BCUT2D eigenvalue weighted by atomic mass is 9.99. The van der Waals surface area contributed by atoms with E-state index in [1.807, 2.05) is 58.0 Å². The molecule has 4 heterocycles. The van der Waals surface area contributed by atoms with Crippen LogP contribution in [0.3, 0.4) is 0 Å². The van der Waals surface area contributed by atoms with Crippen LogP contribution in [0.25, 0.3) is 0 Å². The number of benzene rings is 2. The summed E-state index contributed by atoms with van der Waals surface area (Å²) >= 11 is 7.06. The normalized spacial score (nSPS) is 20.0. The zero-order valence-electron chi connectivity index (χ0n) is 51.1. The molecule has 0 radical (unpaired) electrons. The Bertz CT molecular complexity index is 2540. The highest BCUT2D eigenvalue weighted by molar-refractivity contribution is 8.19. The summed E-state index contributed by atoms with van der Waals surface area (Å²) in [6, 6.07) is 14.8. The maximum absolute atomic E-state index is 13.6. The molecule has 0 saturated carbocycles. The first-order chi connectivity index (χ1) is 39.9. The van der Waals surface area contributed by atoms with Crippen LogP contribution < -0.4 is 26.6 Å². The number of Topliss-reactive ketones (excluding diaryl/α,β-unsaturated/α-hetero) is 1. The number of aliphatic carboxylic acids is 1. The van der Waals surface area contributed by atoms with Crippen molar-refractivity contribution < 1.29 is 67.9 Å². The molecule has 2 spiro atoms. The molecule has 474 valence electrons. The van der Waals surface area contributed by atoms with Gasteiger partial charge in [0, 0.05) is 25.9 Å². The Morgan fingerprint density at radius 3 is 1.47 bits per heavy atom. The van der Waals surface area contributed by atoms with Crippen molar-refractivity contribution in [3.05, 3.63) is 71.8 Å². The molecule has 4 aliphatic heterocycles. The number of carbonyl (C=O) groups is 9. The molecule has 2 aromatic carbocycles. The van der Waals surface area contributed by atoms with E-state index in [0.717, 1.165) is 54.3 Å². The van der Waals surface area contributed by atoms with Crippen molar-refractivity contribution in [2.24, 2.45) is 5.92 Å². The number of nitrogens with zero attached hydrogens (tertiary/aromatic N) is 2. The first-order valence-electron chi connectivity index (χ1n) is 29.1. The average Bonchev–Trinajstić information content (AvgIpc) is 2.04. The minimum Gasteiger partial charge on any atom is -0.480 e. The van der Waals surface area contributed by atoms with Gasteiger partial charge >= 0.3 is 18.2 Å². The summed E-state index contributed by atoms with van der Waals surface area (Å²) < 4.78 is 10.5. The number of amides is 7. The average molecular weight is 1260 g/mol. The Kier molecular flexibility index (Phi) is 28.7. The number of likely N-dealkylation sites (tertiary alicyclic amines) is 2. The summed E-state index contributed by atoms with van der Waals surface area (Å²) in [5.41, 5.74) is 0.263. The second-order valence-electron chi connectivity index (χ2n) is 23.6. The van der Waals surface area contributed by atoms with Gasteiger partial charge in [-0.25, -0.2) is 14.4 Å². The van der Waals surface area contributed by atoms with E-state index in [2.05, 4.69) is 26.6 Å². The molecule has 8 atom stereocenters. The minimum atomic E-state index is -1.64. The number of carboxylic acid groups (broad SMARTS) is 1.